The fraction of sp³-hybridized carbons (Fsp3) is 0.400. The Morgan fingerprint density at radius 1 is 1.40 bits per heavy atom. The first-order valence-corrected chi connectivity index (χ1v) is 4.81. The van der Waals surface area contributed by atoms with Crippen molar-refractivity contribution < 1.29 is 14.3 Å². The van der Waals surface area contributed by atoms with E-state index in [-0.39, 0.29) is 11.8 Å². The molecule has 2 rings (SSSR count). The number of hydrogen-bond acceptors (Lipinski definition) is 3. The van der Waals surface area contributed by atoms with E-state index in [2.05, 4.69) is 10.6 Å². The van der Waals surface area contributed by atoms with E-state index >= 15 is 0 Å². The van der Waals surface area contributed by atoms with Crippen molar-refractivity contribution in [3.8, 4) is 0 Å². The van der Waals surface area contributed by atoms with Gasteiger partial charge in [0.05, 0.1) is 12.5 Å². The zero-order valence-corrected chi connectivity index (χ0v) is 8.32. The Morgan fingerprint density at radius 2 is 2.07 bits per heavy atom. The molecule has 2 heterocycles. The number of carbonyl (C=O) groups is 2. The SMILES string of the molecule is CC[C@@]1(C2C=COC=C2)NC(=O)NC1=O. The number of imide groups is 1. The fourth-order valence-electron chi connectivity index (χ4n) is 1.92. The molecule has 0 aromatic carbocycles. The van der Waals surface area contributed by atoms with Crippen molar-refractivity contribution in [3.05, 3.63) is 24.7 Å². The van der Waals surface area contributed by atoms with Gasteiger partial charge in [0.2, 0.25) is 0 Å². The molecule has 0 aromatic rings. The summed E-state index contributed by atoms with van der Waals surface area (Å²) in [6, 6.07) is -0.435. The van der Waals surface area contributed by atoms with Gasteiger partial charge in [0.25, 0.3) is 5.91 Å². The molecular formula is C10H12N2O3. The summed E-state index contributed by atoms with van der Waals surface area (Å²) in [4.78, 5) is 22.9. The van der Waals surface area contributed by atoms with E-state index in [9.17, 15) is 9.59 Å². The Kier molecular flexibility index (Phi) is 2.22. The smallest absolute Gasteiger partial charge is 0.322 e. The average Bonchev–Trinajstić information content (AvgIpc) is 2.56. The zero-order valence-electron chi connectivity index (χ0n) is 8.32. The highest BCUT2D eigenvalue weighted by Gasteiger charge is 2.49. The molecule has 0 aliphatic carbocycles. The lowest BCUT2D eigenvalue weighted by atomic mass is 9.81. The van der Waals surface area contributed by atoms with Gasteiger partial charge in [-0.3, -0.25) is 10.1 Å². The number of carbonyl (C=O) groups excluding carboxylic acids is 2. The quantitative estimate of drug-likeness (QED) is 0.655. The molecule has 2 aliphatic rings. The van der Waals surface area contributed by atoms with Gasteiger partial charge in [0, 0.05) is 5.92 Å². The first kappa shape index (κ1) is 9.76. The molecule has 80 valence electrons. The van der Waals surface area contributed by atoms with Gasteiger partial charge >= 0.3 is 6.03 Å². The van der Waals surface area contributed by atoms with Crippen LogP contribution in [0.5, 0.6) is 0 Å². The van der Waals surface area contributed by atoms with E-state index in [1.54, 1.807) is 12.2 Å². The maximum absolute atomic E-state index is 11.7. The highest BCUT2D eigenvalue weighted by Crippen LogP contribution is 2.29. The molecule has 1 fully saturated rings. The number of nitrogens with one attached hydrogen (secondary N) is 2. The molecule has 1 saturated heterocycles. The van der Waals surface area contributed by atoms with E-state index < -0.39 is 11.6 Å². The second-order valence-electron chi connectivity index (χ2n) is 3.55. The van der Waals surface area contributed by atoms with E-state index in [0.29, 0.717) is 6.42 Å². The summed E-state index contributed by atoms with van der Waals surface area (Å²) in [6.45, 7) is 1.86. The fourth-order valence-corrected chi connectivity index (χ4v) is 1.92. The van der Waals surface area contributed by atoms with Crippen LogP contribution in [-0.4, -0.2) is 17.5 Å². The third kappa shape index (κ3) is 1.40. The summed E-state index contributed by atoms with van der Waals surface area (Å²) in [7, 11) is 0. The van der Waals surface area contributed by atoms with Crippen LogP contribution in [0.1, 0.15) is 13.3 Å². The van der Waals surface area contributed by atoms with Crippen LogP contribution < -0.4 is 10.6 Å². The van der Waals surface area contributed by atoms with Gasteiger partial charge in [-0.25, -0.2) is 4.79 Å². The van der Waals surface area contributed by atoms with Crippen molar-refractivity contribution in [1.82, 2.24) is 10.6 Å². The largest absolute Gasteiger partial charge is 0.473 e. The molecule has 2 aliphatic heterocycles. The molecule has 0 radical (unpaired) electrons. The van der Waals surface area contributed by atoms with Crippen molar-refractivity contribution in [2.45, 2.75) is 18.9 Å². The predicted octanol–water partition coefficient (Wildman–Crippen LogP) is 0.648. The van der Waals surface area contributed by atoms with Crippen molar-refractivity contribution >= 4 is 11.9 Å². The van der Waals surface area contributed by atoms with Crippen LogP contribution in [0.25, 0.3) is 0 Å². The lowest BCUT2D eigenvalue weighted by molar-refractivity contribution is -0.124. The summed E-state index contributed by atoms with van der Waals surface area (Å²) in [5.74, 6) is -0.445. The Labute approximate surface area is 87.2 Å². The lowest BCUT2D eigenvalue weighted by Gasteiger charge is -2.30. The number of amides is 3. The first-order chi connectivity index (χ1) is 7.19. The molecule has 0 spiro atoms. The minimum Gasteiger partial charge on any atom is -0.473 e. The van der Waals surface area contributed by atoms with Crippen molar-refractivity contribution in [3.63, 3.8) is 0 Å². The molecule has 0 aromatic heterocycles. The Morgan fingerprint density at radius 3 is 2.53 bits per heavy atom. The molecular weight excluding hydrogens is 196 g/mol. The number of urea groups is 1. The second kappa shape index (κ2) is 3.42. The summed E-state index contributed by atoms with van der Waals surface area (Å²) < 4.78 is 4.91. The molecule has 0 bridgehead atoms. The zero-order chi connectivity index (χ0) is 10.9. The molecule has 3 amide bonds. The van der Waals surface area contributed by atoms with Crippen LogP contribution in [0, 0.1) is 5.92 Å². The van der Waals surface area contributed by atoms with Gasteiger partial charge in [0.15, 0.2) is 0 Å². The van der Waals surface area contributed by atoms with Gasteiger partial charge in [-0.15, -0.1) is 0 Å². The lowest BCUT2D eigenvalue weighted by Crippen LogP contribution is -2.51. The van der Waals surface area contributed by atoms with E-state index in [4.69, 9.17) is 4.74 Å². The standard InChI is InChI=1S/C10H12N2O3/c1-2-10(7-3-5-15-6-4-7)8(13)11-9(14)12-10/h3-7H,2H2,1H3,(H2,11,12,13,14)/t10-/m0/s1. The normalized spacial score (nSPS) is 29.9. The van der Waals surface area contributed by atoms with Crippen LogP contribution in [0.15, 0.2) is 24.7 Å². The van der Waals surface area contributed by atoms with E-state index in [1.807, 2.05) is 6.92 Å². The Hall–Kier alpha value is -1.78. The third-order valence-electron chi connectivity index (χ3n) is 2.82. The topological polar surface area (TPSA) is 67.4 Å². The second-order valence-corrected chi connectivity index (χ2v) is 3.55. The summed E-state index contributed by atoms with van der Waals surface area (Å²) in [5.41, 5.74) is -0.867. The number of rotatable bonds is 2. The van der Waals surface area contributed by atoms with Gasteiger partial charge in [-0.05, 0) is 18.6 Å². The van der Waals surface area contributed by atoms with E-state index in [1.165, 1.54) is 12.5 Å². The molecule has 15 heavy (non-hydrogen) atoms. The summed E-state index contributed by atoms with van der Waals surface area (Å²) in [5, 5.41) is 4.94. The number of ether oxygens (including phenoxy) is 1. The minimum absolute atomic E-state index is 0.164. The third-order valence-corrected chi connectivity index (χ3v) is 2.82. The highest BCUT2D eigenvalue weighted by atomic mass is 16.5. The predicted molar refractivity (Wildman–Crippen MR) is 52.6 cm³/mol. The van der Waals surface area contributed by atoms with Gasteiger partial charge < -0.3 is 10.1 Å². The van der Waals surface area contributed by atoms with Crippen molar-refractivity contribution in [1.29, 1.82) is 0 Å². The van der Waals surface area contributed by atoms with Crippen LogP contribution in [0.3, 0.4) is 0 Å². The molecule has 2 N–H and O–H groups in total. The highest BCUT2D eigenvalue weighted by molar-refractivity contribution is 6.07. The number of hydrogen-bond donors (Lipinski definition) is 2. The van der Waals surface area contributed by atoms with Crippen LogP contribution in [-0.2, 0) is 9.53 Å². The summed E-state index contributed by atoms with van der Waals surface area (Å²) in [6.07, 6.45) is 7.08. The minimum atomic E-state index is -0.867. The van der Waals surface area contributed by atoms with Crippen LogP contribution in [0.4, 0.5) is 4.79 Å². The first-order valence-electron chi connectivity index (χ1n) is 4.81. The molecule has 5 nitrogen and oxygen atoms in total. The average molecular weight is 208 g/mol. The van der Waals surface area contributed by atoms with Crippen molar-refractivity contribution in [2.75, 3.05) is 0 Å². The summed E-state index contributed by atoms with van der Waals surface area (Å²) >= 11 is 0. The molecule has 5 heteroatoms. The van der Waals surface area contributed by atoms with Gasteiger partial charge in [0.1, 0.15) is 5.54 Å². The molecule has 0 saturated carbocycles. The van der Waals surface area contributed by atoms with Gasteiger partial charge in [-0.2, -0.15) is 0 Å². The molecule has 1 atom stereocenters. The van der Waals surface area contributed by atoms with Crippen LogP contribution >= 0.6 is 0 Å². The maximum Gasteiger partial charge on any atom is 0.322 e. The monoisotopic (exact) mass is 208 g/mol. The van der Waals surface area contributed by atoms with Crippen molar-refractivity contribution in [2.24, 2.45) is 5.92 Å². The maximum atomic E-state index is 11.7. The Balaban J connectivity index is 2.32. The Bertz CT molecular complexity index is 350. The van der Waals surface area contributed by atoms with Gasteiger partial charge in [-0.1, -0.05) is 6.92 Å². The van der Waals surface area contributed by atoms with Crippen LogP contribution in [0.2, 0.25) is 0 Å². The molecule has 0 unspecified atom stereocenters. The van der Waals surface area contributed by atoms with E-state index in [0.717, 1.165) is 0 Å².